The molecule has 0 aliphatic heterocycles. The summed E-state index contributed by atoms with van der Waals surface area (Å²) >= 11 is 0. The average Bonchev–Trinajstić information content (AvgIpc) is 3.74. The number of aromatic nitrogens is 6. The number of rotatable bonds is 9. The van der Waals surface area contributed by atoms with E-state index in [0.717, 1.165) is 59.0 Å². The summed E-state index contributed by atoms with van der Waals surface area (Å²) in [6.07, 6.45) is 7.23. The van der Waals surface area contributed by atoms with Gasteiger partial charge in [0, 0.05) is 46.9 Å². The number of fused-ring (bicyclic) bond motifs is 1. The number of carbonyl (C=O) groups is 2. The average molecular weight is 600 g/mol. The van der Waals surface area contributed by atoms with Gasteiger partial charge >= 0.3 is 0 Å². The van der Waals surface area contributed by atoms with Gasteiger partial charge in [-0.3, -0.25) is 14.5 Å². The molecule has 1 saturated carbocycles. The first-order valence-electron chi connectivity index (χ1n) is 14.2. The molecule has 0 bridgehead atoms. The molecule has 1 aliphatic rings. The van der Waals surface area contributed by atoms with Crippen molar-refractivity contribution in [2.75, 3.05) is 11.4 Å². The first-order valence-corrected chi connectivity index (χ1v) is 14.2. The Balaban J connectivity index is 0.00000368. The summed E-state index contributed by atoms with van der Waals surface area (Å²) in [5, 5.41) is 15.2. The van der Waals surface area contributed by atoms with Gasteiger partial charge in [0.15, 0.2) is 0 Å². The van der Waals surface area contributed by atoms with Crippen LogP contribution in [0.25, 0.3) is 33.5 Å². The highest BCUT2D eigenvalue weighted by Crippen LogP contribution is 2.33. The third kappa shape index (κ3) is 6.42. The molecule has 1 fully saturated rings. The standard InChI is InChI=1S/C31H33N9O2.ClH/c32-17-20-3-7-23(8-4-20)31(42)40(26-11-9-22(10-12-26)30-36-38-39-37-30)27(28(33)41)15-19-1-5-21(6-2-19)25-16-24-13-14-34-29(24)35-18-25;/h1-2,5-6,9-14,16,18,20,23,27H,3-4,7-8,15,17,32H2,(H2,33,41)(H,34,35)(H,36,37,38,39);1H/t20-,23-,27-;/m0./s1. The monoisotopic (exact) mass is 599 g/mol. The largest absolute Gasteiger partial charge is 0.368 e. The molecule has 0 saturated heterocycles. The number of nitrogens with one attached hydrogen (secondary N) is 2. The van der Waals surface area contributed by atoms with E-state index >= 15 is 0 Å². The fourth-order valence-electron chi connectivity index (χ4n) is 5.83. The molecule has 6 rings (SSSR count). The number of nitrogens with two attached hydrogens (primary N) is 2. The van der Waals surface area contributed by atoms with Crippen molar-refractivity contribution in [2.45, 2.75) is 38.1 Å². The van der Waals surface area contributed by atoms with Crippen LogP contribution in [0.1, 0.15) is 31.2 Å². The van der Waals surface area contributed by atoms with E-state index in [1.807, 2.05) is 54.9 Å². The molecule has 0 unspecified atom stereocenters. The van der Waals surface area contributed by atoms with Crippen LogP contribution in [0, 0.1) is 11.8 Å². The molecule has 222 valence electrons. The normalized spacial score (nSPS) is 17.2. The third-order valence-electron chi connectivity index (χ3n) is 8.27. The smallest absolute Gasteiger partial charge is 0.240 e. The van der Waals surface area contributed by atoms with Crippen LogP contribution in [0.2, 0.25) is 0 Å². The molecule has 6 N–H and O–H groups in total. The number of tetrazole rings is 1. The number of nitrogens with zero attached hydrogens (tertiary/aromatic N) is 5. The first kappa shape index (κ1) is 29.9. The van der Waals surface area contributed by atoms with Gasteiger partial charge in [-0.25, -0.2) is 4.98 Å². The van der Waals surface area contributed by atoms with Crippen LogP contribution in [0.3, 0.4) is 0 Å². The van der Waals surface area contributed by atoms with E-state index in [0.29, 0.717) is 24.0 Å². The van der Waals surface area contributed by atoms with Crippen LogP contribution >= 0.6 is 12.4 Å². The summed E-state index contributed by atoms with van der Waals surface area (Å²) in [7, 11) is 0. The van der Waals surface area contributed by atoms with Gasteiger partial charge in [-0.1, -0.05) is 24.3 Å². The number of aromatic amines is 2. The Morgan fingerprint density at radius 1 is 0.953 bits per heavy atom. The van der Waals surface area contributed by atoms with Crippen LogP contribution in [-0.2, 0) is 16.0 Å². The van der Waals surface area contributed by atoms with Gasteiger partial charge in [-0.15, -0.1) is 22.6 Å². The predicted molar refractivity (Wildman–Crippen MR) is 167 cm³/mol. The molecular formula is C31H34ClN9O2. The molecule has 0 spiro atoms. The van der Waals surface area contributed by atoms with Gasteiger partial charge in [-0.05, 0) is 90.9 Å². The fourth-order valence-corrected chi connectivity index (χ4v) is 5.83. The second-order valence-corrected chi connectivity index (χ2v) is 10.9. The van der Waals surface area contributed by atoms with Gasteiger partial charge in [0.05, 0.1) is 0 Å². The third-order valence-corrected chi connectivity index (χ3v) is 8.27. The number of hydrogen-bond acceptors (Lipinski definition) is 7. The number of halogens is 1. The minimum absolute atomic E-state index is 0. The van der Waals surface area contributed by atoms with Crippen LogP contribution in [0.4, 0.5) is 5.69 Å². The Morgan fingerprint density at radius 3 is 2.33 bits per heavy atom. The van der Waals surface area contributed by atoms with Gasteiger partial charge in [0.1, 0.15) is 11.7 Å². The highest BCUT2D eigenvalue weighted by molar-refractivity contribution is 6.01. The zero-order chi connectivity index (χ0) is 29.1. The number of carbonyl (C=O) groups excluding carboxylic acids is 2. The van der Waals surface area contributed by atoms with Crippen molar-refractivity contribution in [3.05, 3.63) is 78.6 Å². The number of primary amides is 1. The number of pyridine rings is 1. The summed E-state index contributed by atoms with van der Waals surface area (Å²) < 4.78 is 0. The van der Waals surface area contributed by atoms with Crippen LogP contribution in [0.15, 0.2) is 73.1 Å². The van der Waals surface area contributed by atoms with Crippen molar-refractivity contribution >= 4 is 40.9 Å². The zero-order valence-corrected chi connectivity index (χ0v) is 24.3. The molecule has 1 atom stereocenters. The lowest BCUT2D eigenvalue weighted by atomic mass is 9.81. The van der Waals surface area contributed by atoms with E-state index in [-0.39, 0.29) is 30.7 Å². The van der Waals surface area contributed by atoms with Gasteiger partial charge in [-0.2, -0.15) is 5.21 Å². The maximum absolute atomic E-state index is 14.1. The molecule has 2 aromatic carbocycles. The van der Waals surface area contributed by atoms with Crippen molar-refractivity contribution in [1.82, 2.24) is 30.6 Å². The second kappa shape index (κ2) is 13.1. The highest BCUT2D eigenvalue weighted by Gasteiger charge is 2.36. The number of H-pyrrole nitrogens is 2. The van der Waals surface area contributed by atoms with E-state index in [9.17, 15) is 9.59 Å². The number of benzene rings is 2. The van der Waals surface area contributed by atoms with Crippen LogP contribution in [0.5, 0.6) is 0 Å². The predicted octanol–water partition coefficient (Wildman–Crippen LogP) is 4.03. The quantitative estimate of drug-likeness (QED) is 0.198. The van der Waals surface area contributed by atoms with Crippen molar-refractivity contribution in [1.29, 1.82) is 0 Å². The molecule has 3 aromatic heterocycles. The summed E-state index contributed by atoms with van der Waals surface area (Å²) in [5.41, 5.74) is 17.0. The second-order valence-electron chi connectivity index (χ2n) is 10.9. The fraction of sp³-hybridized carbons (Fsp3) is 0.290. The van der Waals surface area contributed by atoms with E-state index in [2.05, 4.69) is 36.7 Å². The summed E-state index contributed by atoms with van der Waals surface area (Å²) in [4.78, 5) is 36.3. The van der Waals surface area contributed by atoms with E-state index < -0.39 is 11.9 Å². The lowest BCUT2D eigenvalue weighted by Gasteiger charge is -2.35. The molecule has 0 radical (unpaired) electrons. The molecule has 43 heavy (non-hydrogen) atoms. The molecule has 5 aromatic rings. The Hall–Kier alpha value is -4.61. The van der Waals surface area contributed by atoms with Gasteiger partial charge in [0.2, 0.25) is 17.6 Å². The lowest BCUT2D eigenvalue weighted by molar-refractivity contribution is -0.127. The minimum atomic E-state index is -0.871. The summed E-state index contributed by atoms with van der Waals surface area (Å²) in [5.74, 6) is 0.00791. The van der Waals surface area contributed by atoms with Crippen molar-refractivity contribution in [3.63, 3.8) is 0 Å². The summed E-state index contributed by atoms with van der Waals surface area (Å²) in [6, 6.07) is 18.4. The Labute approximate surface area is 254 Å². The Morgan fingerprint density at radius 2 is 1.67 bits per heavy atom. The van der Waals surface area contributed by atoms with Crippen molar-refractivity contribution < 1.29 is 9.59 Å². The first-order chi connectivity index (χ1) is 20.5. The SMILES string of the molecule is Cl.NC[C@H]1CC[C@H](C(=O)N(c2ccc(-c3nn[nH]n3)cc2)[C@@H](Cc2ccc(-c3cnc4[nH]ccc4c3)cc2)C(N)=O)CC1. The number of amides is 2. The topological polar surface area (TPSA) is 173 Å². The van der Waals surface area contributed by atoms with E-state index in [1.165, 1.54) is 0 Å². The molecule has 12 heteroatoms. The number of anilines is 1. The molecule has 11 nitrogen and oxygen atoms in total. The van der Waals surface area contributed by atoms with Crippen LogP contribution < -0.4 is 16.4 Å². The Bertz CT molecular complexity index is 1660. The zero-order valence-electron chi connectivity index (χ0n) is 23.5. The van der Waals surface area contributed by atoms with Gasteiger partial charge in [0.25, 0.3) is 0 Å². The molecule has 2 amide bonds. The van der Waals surface area contributed by atoms with Gasteiger partial charge < -0.3 is 16.5 Å². The molecule has 3 heterocycles. The molecule has 1 aliphatic carbocycles. The Kier molecular flexibility index (Phi) is 9.13. The van der Waals surface area contributed by atoms with Crippen molar-refractivity contribution in [3.8, 4) is 22.5 Å². The molecular weight excluding hydrogens is 566 g/mol. The highest BCUT2D eigenvalue weighted by atomic mass is 35.5. The number of hydrogen-bond donors (Lipinski definition) is 4. The van der Waals surface area contributed by atoms with E-state index in [4.69, 9.17) is 11.5 Å². The lowest BCUT2D eigenvalue weighted by Crippen LogP contribution is -2.52. The van der Waals surface area contributed by atoms with Crippen molar-refractivity contribution in [2.24, 2.45) is 23.3 Å². The maximum atomic E-state index is 14.1. The van der Waals surface area contributed by atoms with E-state index in [1.54, 1.807) is 17.0 Å². The van der Waals surface area contributed by atoms with Crippen LogP contribution in [-0.4, -0.2) is 55.0 Å². The minimum Gasteiger partial charge on any atom is -0.368 e. The maximum Gasteiger partial charge on any atom is 0.240 e. The summed E-state index contributed by atoms with van der Waals surface area (Å²) in [6.45, 7) is 0.622.